The molecular weight excluding hydrogens is 194 g/mol. The van der Waals surface area contributed by atoms with E-state index in [1.807, 2.05) is 11.8 Å². The number of nitrogens with two attached hydrogens (primary N) is 1. The average Bonchev–Trinajstić information content (AvgIpc) is 2.09. The Morgan fingerprint density at radius 3 is 2.50 bits per heavy atom. The number of hydrogen-bond acceptors (Lipinski definition) is 3. The molecule has 0 bridgehead atoms. The van der Waals surface area contributed by atoms with Crippen molar-refractivity contribution in [1.82, 2.24) is 4.90 Å². The fraction of sp³-hybridized carbons (Fsp3) is 0.900. The van der Waals surface area contributed by atoms with E-state index in [0.717, 1.165) is 25.4 Å². The van der Waals surface area contributed by atoms with Crippen LogP contribution in [0, 0.1) is 11.3 Å². The van der Waals surface area contributed by atoms with Crippen molar-refractivity contribution in [3.8, 4) is 0 Å². The highest BCUT2D eigenvalue weighted by atomic mass is 32.2. The van der Waals surface area contributed by atoms with Crippen LogP contribution in [-0.2, 0) is 0 Å². The summed E-state index contributed by atoms with van der Waals surface area (Å²) in [5, 5.41) is 7.19. The molecule has 0 unspecified atom stereocenters. The van der Waals surface area contributed by atoms with Gasteiger partial charge in [0.2, 0.25) is 0 Å². The smallest absolute Gasteiger partial charge is 0.0918 e. The topological polar surface area (TPSA) is 53.1 Å². The van der Waals surface area contributed by atoms with Gasteiger partial charge in [-0.25, -0.2) is 0 Å². The van der Waals surface area contributed by atoms with Crippen LogP contribution < -0.4 is 5.73 Å². The molecule has 0 aliphatic heterocycles. The van der Waals surface area contributed by atoms with Crippen molar-refractivity contribution < 1.29 is 0 Å². The Kier molecular flexibility index (Phi) is 7.99. The molecule has 84 valence electrons. The van der Waals surface area contributed by atoms with Crippen LogP contribution in [0.1, 0.15) is 20.3 Å². The summed E-state index contributed by atoms with van der Waals surface area (Å²) < 4.78 is 0. The van der Waals surface area contributed by atoms with Crippen molar-refractivity contribution >= 4 is 17.6 Å². The van der Waals surface area contributed by atoms with Gasteiger partial charge in [-0.1, -0.05) is 13.8 Å². The van der Waals surface area contributed by atoms with Crippen LogP contribution in [0.4, 0.5) is 0 Å². The van der Waals surface area contributed by atoms with E-state index >= 15 is 0 Å². The molecular formula is C10H23N3S. The molecule has 0 saturated carbocycles. The normalized spacial score (nSPS) is 11.2. The highest BCUT2D eigenvalue weighted by Gasteiger charge is 2.06. The number of rotatable bonds is 8. The molecule has 0 spiro atoms. The van der Waals surface area contributed by atoms with Crippen LogP contribution in [0.25, 0.3) is 0 Å². The molecule has 0 aliphatic carbocycles. The van der Waals surface area contributed by atoms with Gasteiger partial charge >= 0.3 is 0 Å². The third-order valence-electron chi connectivity index (χ3n) is 1.93. The second kappa shape index (κ2) is 8.12. The Morgan fingerprint density at radius 1 is 1.43 bits per heavy atom. The molecule has 0 heterocycles. The molecule has 0 aromatic rings. The van der Waals surface area contributed by atoms with E-state index in [0.29, 0.717) is 18.2 Å². The van der Waals surface area contributed by atoms with E-state index in [2.05, 4.69) is 25.0 Å². The van der Waals surface area contributed by atoms with Gasteiger partial charge in [0.15, 0.2) is 0 Å². The molecule has 0 saturated heterocycles. The molecule has 0 fully saturated rings. The molecule has 0 radical (unpaired) electrons. The molecule has 0 aromatic heterocycles. The van der Waals surface area contributed by atoms with Crippen molar-refractivity contribution in [2.45, 2.75) is 20.3 Å². The SMILES string of the molecule is CSCCN(CCC(=N)N)CC(C)C. The van der Waals surface area contributed by atoms with Crippen LogP contribution in [0.2, 0.25) is 0 Å². The van der Waals surface area contributed by atoms with E-state index in [9.17, 15) is 0 Å². The Hall–Kier alpha value is -0.220. The standard InChI is InChI=1S/C10H23N3S/c1-9(2)8-13(6-7-14-3)5-4-10(11)12/h9H,4-8H2,1-3H3,(H3,11,12). The van der Waals surface area contributed by atoms with E-state index < -0.39 is 0 Å². The Morgan fingerprint density at radius 2 is 2.07 bits per heavy atom. The minimum Gasteiger partial charge on any atom is -0.388 e. The number of thioether (sulfide) groups is 1. The van der Waals surface area contributed by atoms with Gasteiger partial charge in [-0.2, -0.15) is 11.8 Å². The number of nitrogens with one attached hydrogen (secondary N) is 1. The van der Waals surface area contributed by atoms with Crippen LogP contribution in [0.3, 0.4) is 0 Å². The van der Waals surface area contributed by atoms with Crippen molar-refractivity contribution in [2.75, 3.05) is 31.6 Å². The van der Waals surface area contributed by atoms with Crippen LogP contribution in [-0.4, -0.2) is 42.4 Å². The first-order valence-electron chi connectivity index (χ1n) is 5.10. The summed E-state index contributed by atoms with van der Waals surface area (Å²) in [4.78, 5) is 2.39. The van der Waals surface area contributed by atoms with Crippen LogP contribution >= 0.6 is 11.8 Å². The predicted octanol–water partition coefficient (Wildman–Crippen LogP) is 1.63. The molecule has 0 atom stereocenters. The third-order valence-corrected chi connectivity index (χ3v) is 2.52. The highest BCUT2D eigenvalue weighted by Crippen LogP contribution is 2.02. The Labute approximate surface area is 91.9 Å². The number of amidine groups is 1. The molecule has 0 rings (SSSR count). The quantitative estimate of drug-likeness (QED) is 0.480. The van der Waals surface area contributed by atoms with Crippen molar-refractivity contribution in [1.29, 1.82) is 5.41 Å². The van der Waals surface area contributed by atoms with Gasteiger partial charge in [-0.05, 0) is 12.2 Å². The molecule has 0 aromatic carbocycles. The molecule has 0 aliphatic rings. The summed E-state index contributed by atoms with van der Waals surface area (Å²) in [6.45, 7) is 7.58. The van der Waals surface area contributed by atoms with Gasteiger partial charge in [-0.15, -0.1) is 0 Å². The van der Waals surface area contributed by atoms with Crippen molar-refractivity contribution in [3.05, 3.63) is 0 Å². The summed E-state index contributed by atoms with van der Waals surface area (Å²) in [5.41, 5.74) is 5.35. The second-order valence-corrected chi connectivity index (χ2v) is 4.95. The largest absolute Gasteiger partial charge is 0.388 e. The van der Waals surface area contributed by atoms with Crippen molar-refractivity contribution in [3.63, 3.8) is 0 Å². The first-order valence-corrected chi connectivity index (χ1v) is 6.49. The molecule has 3 N–H and O–H groups in total. The van der Waals surface area contributed by atoms with E-state index in [1.165, 1.54) is 0 Å². The zero-order valence-corrected chi connectivity index (χ0v) is 10.4. The molecule has 0 amide bonds. The number of hydrogen-bond donors (Lipinski definition) is 2. The molecule has 14 heavy (non-hydrogen) atoms. The summed E-state index contributed by atoms with van der Waals surface area (Å²) in [7, 11) is 0. The van der Waals surface area contributed by atoms with Gasteiger partial charge in [0.1, 0.15) is 0 Å². The lowest BCUT2D eigenvalue weighted by Gasteiger charge is -2.23. The van der Waals surface area contributed by atoms with E-state index in [1.54, 1.807) is 0 Å². The Bertz CT molecular complexity index is 159. The van der Waals surface area contributed by atoms with Gasteiger partial charge in [-0.3, -0.25) is 5.41 Å². The number of nitrogens with zero attached hydrogens (tertiary/aromatic N) is 1. The summed E-state index contributed by atoms with van der Waals surface area (Å²) >= 11 is 1.86. The summed E-state index contributed by atoms with van der Waals surface area (Å²) in [5.74, 6) is 2.14. The minimum atomic E-state index is 0.294. The lowest BCUT2D eigenvalue weighted by atomic mass is 10.2. The van der Waals surface area contributed by atoms with Crippen LogP contribution in [0.5, 0.6) is 0 Å². The Balaban J connectivity index is 3.77. The fourth-order valence-electron chi connectivity index (χ4n) is 1.31. The molecule has 4 heteroatoms. The first kappa shape index (κ1) is 13.8. The van der Waals surface area contributed by atoms with Gasteiger partial charge in [0.05, 0.1) is 5.84 Å². The maximum Gasteiger partial charge on any atom is 0.0918 e. The van der Waals surface area contributed by atoms with Crippen LogP contribution in [0.15, 0.2) is 0 Å². The van der Waals surface area contributed by atoms with Crippen molar-refractivity contribution in [2.24, 2.45) is 11.7 Å². The highest BCUT2D eigenvalue weighted by molar-refractivity contribution is 7.98. The maximum atomic E-state index is 7.19. The predicted molar refractivity (Wildman–Crippen MR) is 66.2 cm³/mol. The maximum absolute atomic E-state index is 7.19. The fourth-order valence-corrected chi connectivity index (χ4v) is 1.75. The van der Waals surface area contributed by atoms with E-state index in [-0.39, 0.29) is 0 Å². The zero-order valence-electron chi connectivity index (χ0n) is 9.55. The minimum absolute atomic E-state index is 0.294. The molecule has 3 nitrogen and oxygen atoms in total. The zero-order chi connectivity index (χ0) is 11.0. The van der Waals surface area contributed by atoms with Gasteiger partial charge in [0.25, 0.3) is 0 Å². The monoisotopic (exact) mass is 217 g/mol. The third kappa shape index (κ3) is 8.38. The van der Waals surface area contributed by atoms with Gasteiger partial charge < -0.3 is 10.6 Å². The van der Waals surface area contributed by atoms with E-state index in [4.69, 9.17) is 11.1 Å². The average molecular weight is 217 g/mol. The summed E-state index contributed by atoms with van der Waals surface area (Å²) in [6.07, 6.45) is 2.82. The lowest BCUT2D eigenvalue weighted by Crippen LogP contribution is -2.33. The summed E-state index contributed by atoms with van der Waals surface area (Å²) in [6, 6.07) is 0. The lowest BCUT2D eigenvalue weighted by molar-refractivity contribution is 0.265. The first-order chi connectivity index (χ1) is 6.56. The van der Waals surface area contributed by atoms with Gasteiger partial charge in [0, 0.05) is 31.8 Å². The second-order valence-electron chi connectivity index (χ2n) is 3.96.